The van der Waals surface area contributed by atoms with Gasteiger partial charge in [0.25, 0.3) is 0 Å². The van der Waals surface area contributed by atoms with E-state index in [1.54, 1.807) is 6.20 Å². The van der Waals surface area contributed by atoms with Crippen molar-refractivity contribution in [1.82, 2.24) is 20.0 Å². The molecule has 1 amide bonds. The van der Waals surface area contributed by atoms with Crippen molar-refractivity contribution < 1.29 is 9.53 Å². The average Bonchev–Trinajstić information content (AvgIpc) is 2.86. The number of morpholine rings is 1. The van der Waals surface area contributed by atoms with Gasteiger partial charge in [0.05, 0.1) is 18.8 Å². The molecule has 21 heavy (non-hydrogen) atoms. The summed E-state index contributed by atoms with van der Waals surface area (Å²) in [7, 11) is 1.87. The van der Waals surface area contributed by atoms with Gasteiger partial charge in [-0.1, -0.05) is 0 Å². The van der Waals surface area contributed by atoms with Gasteiger partial charge < -0.3 is 15.0 Å². The Bertz CT molecular complexity index is 484. The van der Waals surface area contributed by atoms with Crippen molar-refractivity contribution in [3.8, 4) is 0 Å². The molecular weight excluding hydrogens is 270 g/mol. The van der Waals surface area contributed by atoms with Crippen LogP contribution in [0.15, 0.2) is 18.3 Å². The minimum atomic E-state index is 0.0258. The zero-order chi connectivity index (χ0) is 14.7. The molecule has 2 atom stereocenters. The minimum absolute atomic E-state index is 0.0258. The van der Waals surface area contributed by atoms with E-state index in [-0.39, 0.29) is 18.1 Å². The van der Waals surface area contributed by atoms with Crippen molar-refractivity contribution in [3.63, 3.8) is 0 Å². The Hall–Kier alpha value is -1.73. The monoisotopic (exact) mass is 291 g/mol. The third-order valence-corrected chi connectivity index (χ3v) is 4.09. The van der Waals surface area contributed by atoms with Gasteiger partial charge in [-0.05, 0) is 18.6 Å². The third-order valence-electron chi connectivity index (χ3n) is 4.09. The molecule has 3 rings (SSSR count). The number of hydrogen-bond acceptors (Lipinski definition) is 6. The van der Waals surface area contributed by atoms with Crippen molar-refractivity contribution >= 4 is 11.7 Å². The van der Waals surface area contributed by atoms with Gasteiger partial charge in [-0.15, -0.1) is 5.10 Å². The first-order chi connectivity index (χ1) is 10.2. The highest BCUT2D eigenvalue weighted by Crippen LogP contribution is 2.19. The highest BCUT2D eigenvalue weighted by Gasteiger charge is 2.36. The zero-order valence-corrected chi connectivity index (χ0v) is 12.2. The second-order valence-corrected chi connectivity index (χ2v) is 5.54. The standard InChI is InChI=1S/C14H21N5O2/c1-18-6-4-12(14(18)20)19-7-8-21-11(10-19)9-15-13-3-2-5-16-17-13/h2-3,5,11-12H,4,6-10H2,1H3,(H,15,17). The van der Waals surface area contributed by atoms with Crippen LogP contribution in [0.1, 0.15) is 6.42 Å². The second-order valence-electron chi connectivity index (χ2n) is 5.54. The van der Waals surface area contributed by atoms with Gasteiger partial charge in [-0.3, -0.25) is 9.69 Å². The predicted octanol–water partition coefficient (Wildman–Crippen LogP) is -0.180. The van der Waals surface area contributed by atoms with Crippen LogP contribution in [0.2, 0.25) is 0 Å². The third kappa shape index (κ3) is 3.30. The summed E-state index contributed by atoms with van der Waals surface area (Å²) in [5, 5.41) is 11.0. The predicted molar refractivity (Wildman–Crippen MR) is 77.9 cm³/mol. The van der Waals surface area contributed by atoms with Crippen LogP contribution >= 0.6 is 0 Å². The summed E-state index contributed by atoms with van der Waals surface area (Å²) < 4.78 is 5.77. The number of aromatic nitrogens is 2. The molecule has 3 heterocycles. The lowest BCUT2D eigenvalue weighted by Gasteiger charge is -2.35. The Morgan fingerprint density at radius 1 is 1.48 bits per heavy atom. The number of ether oxygens (including phenoxy) is 1. The molecule has 2 fully saturated rings. The van der Waals surface area contributed by atoms with Crippen LogP contribution in [0.25, 0.3) is 0 Å². The van der Waals surface area contributed by atoms with E-state index in [2.05, 4.69) is 20.4 Å². The topological polar surface area (TPSA) is 70.6 Å². The first kappa shape index (κ1) is 14.2. The molecule has 2 aliphatic heterocycles. The minimum Gasteiger partial charge on any atom is -0.374 e. The van der Waals surface area contributed by atoms with E-state index < -0.39 is 0 Å². The Labute approximate surface area is 124 Å². The number of rotatable bonds is 4. The zero-order valence-electron chi connectivity index (χ0n) is 12.2. The number of amides is 1. The quantitative estimate of drug-likeness (QED) is 0.830. The van der Waals surface area contributed by atoms with E-state index in [9.17, 15) is 4.79 Å². The SMILES string of the molecule is CN1CCC(N2CCOC(CNc3cccnn3)C2)C1=O. The first-order valence-electron chi connectivity index (χ1n) is 7.36. The fourth-order valence-electron chi connectivity index (χ4n) is 2.91. The fraction of sp³-hybridized carbons (Fsp3) is 0.643. The van der Waals surface area contributed by atoms with Crippen LogP contribution in [-0.2, 0) is 9.53 Å². The number of carbonyl (C=O) groups excluding carboxylic acids is 1. The lowest BCUT2D eigenvalue weighted by Crippen LogP contribution is -2.51. The van der Waals surface area contributed by atoms with E-state index >= 15 is 0 Å². The molecule has 2 saturated heterocycles. The van der Waals surface area contributed by atoms with E-state index in [0.717, 1.165) is 31.9 Å². The molecule has 2 aliphatic rings. The summed E-state index contributed by atoms with van der Waals surface area (Å²) in [5.74, 6) is 0.979. The molecule has 0 aliphatic carbocycles. The first-order valence-corrected chi connectivity index (χ1v) is 7.36. The molecule has 7 heteroatoms. The Morgan fingerprint density at radius 2 is 2.38 bits per heavy atom. The van der Waals surface area contributed by atoms with Gasteiger partial charge in [0.1, 0.15) is 5.82 Å². The highest BCUT2D eigenvalue weighted by atomic mass is 16.5. The van der Waals surface area contributed by atoms with Crippen LogP contribution in [0, 0.1) is 0 Å². The van der Waals surface area contributed by atoms with Crippen LogP contribution in [0.3, 0.4) is 0 Å². The van der Waals surface area contributed by atoms with Crippen LogP contribution in [0.5, 0.6) is 0 Å². The molecule has 1 N–H and O–H groups in total. The van der Waals surface area contributed by atoms with Crippen molar-refractivity contribution in [3.05, 3.63) is 18.3 Å². The van der Waals surface area contributed by atoms with Gasteiger partial charge in [0.2, 0.25) is 5.91 Å². The molecule has 0 aromatic carbocycles. The largest absolute Gasteiger partial charge is 0.374 e. The van der Waals surface area contributed by atoms with E-state index in [1.807, 2.05) is 24.1 Å². The summed E-state index contributed by atoms with van der Waals surface area (Å²) in [5.41, 5.74) is 0. The molecule has 0 saturated carbocycles. The number of likely N-dealkylation sites (tertiary alicyclic amines) is 1. The lowest BCUT2D eigenvalue weighted by atomic mass is 10.1. The van der Waals surface area contributed by atoms with Crippen molar-refractivity contribution in [2.45, 2.75) is 18.6 Å². The van der Waals surface area contributed by atoms with Crippen molar-refractivity contribution in [2.24, 2.45) is 0 Å². The Balaban J connectivity index is 1.53. The summed E-state index contributed by atoms with van der Waals surface area (Å²) in [6, 6.07) is 3.75. The van der Waals surface area contributed by atoms with Crippen molar-refractivity contribution in [1.29, 1.82) is 0 Å². The van der Waals surface area contributed by atoms with Gasteiger partial charge in [-0.25, -0.2) is 0 Å². The average molecular weight is 291 g/mol. The normalized spacial score (nSPS) is 27.1. The number of nitrogens with one attached hydrogen (secondary N) is 1. The van der Waals surface area contributed by atoms with Gasteiger partial charge in [0.15, 0.2) is 0 Å². The summed E-state index contributed by atoms with van der Waals surface area (Å²) in [4.78, 5) is 16.2. The second kappa shape index (κ2) is 6.36. The molecular formula is C14H21N5O2. The summed E-state index contributed by atoms with van der Waals surface area (Å²) in [6.45, 7) is 3.79. The van der Waals surface area contributed by atoms with E-state index in [1.165, 1.54) is 0 Å². The van der Waals surface area contributed by atoms with Crippen LogP contribution in [0.4, 0.5) is 5.82 Å². The number of nitrogens with zero attached hydrogens (tertiary/aromatic N) is 4. The van der Waals surface area contributed by atoms with E-state index in [0.29, 0.717) is 13.2 Å². The molecule has 0 radical (unpaired) electrons. The molecule has 7 nitrogen and oxygen atoms in total. The number of likely N-dealkylation sites (N-methyl/N-ethyl adjacent to an activating group) is 1. The van der Waals surface area contributed by atoms with Crippen LogP contribution in [-0.4, -0.2) is 77.9 Å². The van der Waals surface area contributed by atoms with Crippen molar-refractivity contribution in [2.75, 3.05) is 45.2 Å². The van der Waals surface area contributed by atoms with Gasteiger partial charge in [0, 0.05) is 39.4 Å². The lowest BCUT2D eigenvalue weighted by molar-refractivity contribution is -0.133. The van der Waals surface area contributed by atoms with Gasteiger partial charge >= 0.3 is 0 Å². The molecule has 1 aromatic rings. The number of hydrogen-bond donors (Lipinski definition) is 1. The van der Waals surface area contributed by atoms with E-state index in [4.69, 9.17) is 4.74 Å². The molecule has 1 aromatic heterocycles. The maximum atomic E-state index is 12.1. The molecule has 114 valence electrons. The Morgan fingerprint density at radius 3 is 3.10 bits per heavy atom. The summed E-state index contributed by atoms with van der Waals surface area (Å²) >= 11 is 0. The molecule has 0 bridgehead atoms. The molecule has 2 unspecified atom stereocenters. The maximum absolute atomic E-state index is 12.1. The smallest absolute Gasteiger partial charge is 0.239 e. The molecule has 0 spiro atoms. The fourth-order valence-corrected chi connectivity index (χ4v) is 2.91. The summed E-state index contributed by atoms with van der Waals surface area (Å²) in [6.07, 6.45) is 2.63. The highest BCUT2D eigenvalue weighted by molar-refractivity contribution is 5.83. The van der Waals surface area contributed by atoms with Crippen LogP contribution < -0.4 is 5.32 Å². The van der Waals surface area contributed by atoms with Gasteiger partial charge in [-0.2, -0.15) is 5.10 Å². The Kier molecular flexibility index (Phi) is 4.31. The number of anilines is 1. The maximum Gasteiger partial charge on any atom is 0.239 e. The number of carbonyl (C=O) groups is 1.